The van der Waals surface area contributed by atoms with Crippen LogP contribution in [0.2, 0.25) is 0 Å². The van der Waals surface area contributed by atoms with Crippen LogP contribution < -0.4 is 5.73 Å². The monoisotopic (exact) mass is 520 g/mol. The van der Waals surface area contributed by atoms with Gasteiger partial charge in [0.25, 0.3) is 0 Å². The summed E-state index contributed by atoms with van der Waals surface area (Å²) < 4.78 is 47.2. The highest BCUT2D eigenvalue weighted by Gasteiger charge is 2.64. The molecule has 3 aliphatic heterocycles. The Kier molecular flexibility index (Phi) is 5.51. The lowest BCUT2D eigenvalue weighted by Crippen LogP contribution is -2.40. The van der Waals surface area contributed by atoms with Crippen molar-refractivity contribution in [2.24, 2.45) is 0 Å². The van der Waals surface area contributed by atoms with Gasteiger partial charge in [0.2, 0.25) is 0 Å². The lowest BCUT2D eigenvalue weighted by atomic mass is 9.91. The summed E-state index contributed by atoms with van der Waals surface area (Å²) in [6.45, 7) is 1.70. The number of fused-ring (bicyclic) bond motifs is 2. The van der Waals surface area contributed by atoms with Crippen LogP contribution in [0.25, 0.3) is 10.9 Å². The number of hydrogen-bond acceptors (Lipinski definition) is 13. The van der Waals surface area contributed by atoms with Crippen LogP contribution in [0.4, 0.5) is 10.6 Å². The van der Waals surface area contributed by atoms with E-state index in [1.807, 2.05) is 5.38 Å². The first kappa shape index (κ1) is 22.8. The van der Waals surface area contributed by atoms with Crippen molar-refractivity contribution in [2.45, 2.75) is 43.4 Å². The van der Waals surface area contributed by atoms with Gasteiger partial charge in [0.15, 0.2) is 11.7 Å². The molecular weight excluding hydrogens is 499 g/mol. The van der Waals surface area contributed by atoms with Crippen LogP contribution in [-0.2, 0) is 32.3 Å². The van der Waals surface area contributed by atoms with Gasteiger partial charge in [0, 0.05) is 24.2 Å². The zero-order valence-corrected chi connectivity index (χ0v) is 20.1. The first-order valence-electron chi connectivity index (χ1n) is 10.9. The van der Waals surface area contributed by atoms with Gasteiger partial charge in [-0.25, -0.2) is 19.3 Å². The molecule has 3 aliphatic rings. The molecule has 0 aromatic carbocycles. The number of pyridine rings is 1. The van der Waals surface area contributed by atoms with Gasteiger partial charge in [-0.1, -0.05) is 0 Å². The fraction of sp³-hybridized carbons (Fsp3) is 0.429. The fourth-order valence-electron chi connectivity index (χ4n) is 4.59. The Bertz CT molecular complexity index is 1330. The summed E-state index contributed by atoms with van der Waals surface area (Å²) in [4.78, 5) is 25.2. The van der Waals surface area contributed by atoms with E-state index in [0.717, 1.165) is 5.56 Å². The number of nitrogen functional groups attached to an aromatic ring is 1. The molecule has 6 rings (SSSR count). The maximum atomic E-state index is 13.2. The third-order valence-electron chi connectivity index (χ3n) is 6.31. The number of carbonyl (C=O) groups excluding carboxylic acids is 1. The summed E-state index contributed by atoms with van der Waals surface area (Å²) in [5, 5.41) is 2.50. The van der Waals surface area contributed by atoms with E-state index in [1.165, 1.54) is 17.7 Å². The molecule has 3 aromatic heterocycles. The molecule has 0 bridgehead atoms. The number of aromatic nitrogens is 3. The van der Waals surface area contributed by atoms with Gasteiger partial charge in [-0.3, -0.25) is 18.6 Å². The highest BCUT2D eigenvalue weighted by atomic mass is 32.1. The Balaban J connectivity index is 1.23. The van der Waals surface area contributed by atoms with E-state index in [9.17, 15) is 9.36 Å². The van der Waals surface area contributed by atoms with E-state index in [4.69, 9.17) is 33.5 Å². The van der Waals surface area contributed by atoms with Crippen molar-refractivity contribution in [3.63, 3.8) is 0 Å². The molecule has 184 valence electrons. The smallest absolute Gasteiger partial charge is 0.424 e. The molecule has 0 saturated carbocycles. The van der Waals surface area contributed by atoms with E-state index >= 15 is 0 Å². The summed E-state index contributed by atoms with van der Waals surface area (Å²) in [5.41, 5.74) is 6.24. The van der Waals surface area contributed by atoms with E-state index in [2.05, 4.69) is 15.0 Å². The third-order valence-corrected chi connectivity index (χ3v) is 8.80. The quantitative estimate of drug-likeness (QED) is 0.385. The van der Waals surface area contributed by atoms with Crippen LogP contribution in [0, 0.1) is 0 Å². The van der Waals surface area contributed by atoms with Crippen LogP contribution >= 0.6 is 19.2 Å². The van der Waals surface area contributed by atoms with Crippen molar-refractivity contribution < 1.29 is 37.1 Å². The number of hydrogen-bond donors (Lipinski definition) is 1. The van der Waals surface area contributed by atoms with Crippen LogP contribution in [0.1, 0.15) is 36.0 Å². The van der Waals surface area contributed by atoms with Crippen molar-refractivity contribution in [3.05, 3.63) is 46.7 Å². The van der Waals surface area contributed by atoms with Crippen molar-refractivity contribution in [3.8, 4) is 0 Å². The minimum absolute atomic E-state index is 0.194. The summed E-state index contributed by atoms with van der Waals surface area (Å²) in [6.07, 6.45) is 1.53. The van der Waals surface area contributed by atoms with E-state index in [0.29, 0.717) is 28.0 Å². The zero-order chi connectivity index (χ0) is 24.2. The average Bonchev–Trinajstić information content (AvgIpc) is 3.48. The predicted octanol–water partition coefficient (Wildman–Crippen LogP) is 3.71. The molecule has 0 amide bonds. The predicted molar refractivity (Wildman–Crippen MR) is 121 cm³/mol. The minimum Gasteiger partial charge on any atom is -0.424 e. The van der Waals surface area contributed by atoms with Crippen molar-refractivity contribution in [1.29, 1.82) is 0 Å². The van der Waals surface area contributed by atoms with Crippen molar-refractivity contribution in [2.75, 3.05) is 18.9 Å². The molecule has 3 saturated heterocycles. The van der Waals surface area contributed by atoms with Gasteiger partial charge >= 0.3 is 14.0 Å². The van der Waals surface area contributed by atoms with Gasteiger partial charge in [0.1, 0.15) is 24.4 Å². The Labute approximate surface area is 203 Å². The highest BCUT2D eigenvalue weighted by molar-refractivity contribution is 7.48. The van der Waals surface area contributed by atoms with Crippen molar-refractivity contribution in [1.82, 2.24) is 15.0 Å². The molecule has 14 heteroatoms. The van der Waals surface area contributed by atoms with Crippen molar-refractivity contribution >= 4 is 42.0 Å². The SMILES string of the molecule is C[C@@]12OC(=O)O[C@@H]1[C@@H](CO[P@@]1(=O)OCC[C@@H](c3ccncc3)O1)O[C@H]2c1scc2c(N)ncnc12. The van der Waals surface area contributed by atoms with Gasteiger partial charge in [0.05, 0.1) is 35.1 Å². The summed E-state index contributed by atoms with van der Waals surface area (Å²) in [5.74, 6) is 0.338. The second-order valence-electron chi connectivity index (χ2n) is 8.49. The number of thiophene rings is 1. The molecule has 12 nitrogen and oxygen atoms in total. The molecule has 0 spiro atoms. The number of rotatable bonds is 5. The molecule has 6 heterocycles. The number of ether oxygens (including phenoxy) is 3. The van der Waals surface area contributed by atoms with E-state index in [-0.39, 0.29) is 13.2 Å². The summed E-state index contributed by atoms with van der Waals surface area (Å²) >= 11 is 1.36. The number of phosphoric acid groups is 1. The maximum Gasteiger partial charge on any atom is 0.509 e. The number of nitrogens with two attached hydrogens (primary N) is 1. The first-order valence-corrected chi connectivity index (χ1v) is 13.2. The molecular formula is C21H21N4O8PS. The Morgan fingerprint density at radius 3 is 2.97 bits per heavy atom. The molecule has 0 unspecified atom stereocenters. The summed E-state index contributed by atoms with van der Waals surface area (Å²) in [6, 6.07) is 3.57. The average molecular weight is 520 g/mol. The lowest BCUT2D eigenvalue weighted by molar-refractivity contribution is -0.0613. The summed E-state index contributed by atoms with van der Waals surface area (Å²) in [7, 11) is -3.90. The second-order valence-corrected chi connectivity index (χ2v) is 11.0. The molecule has 0 radical (unpaired) electrons. The van der Waals surface area contributed by atoms with E-state index in [1.54, 1.807) is 31.5 Å². The number of nitrogens with zero attached hydrogens (tertiary/aromatic N) is 3. The molecule has 3 fully saturated rings. The Morgan fingerprint density at radius 1 is 1.31 bits per heavy atom. The van der Waals surface area contributed by atoms with Gasteiger partial charge in [-0.15, -0.1) is 11.3 Å². The number of carbonyl (C=O) groups is 1. The van der Waals surface area contributed by atoms with Crippen LogP contribution in [0.3, 0.4) is 0 Å². The van der Waals surface area contributed by atoms with Crippen LogP contribution in [0.15, 0.2) is 36.2 Å². The molecule has 35 heavy (non-hydrogen) atoms. The van der Waals surface area contributed by atoms with Crippen LogP contribution in [0.5, 0.6) is 0 Å². The lowest BCUT2D eigenvalue weighted by Gasteiger charge is -2.29. The first-order chi connectivity index (χ1) is 16.9. The second kappa shape index (κ2) is 8.47. The number of phosphoric ester groups is 1. The third kappa shape index (κ3) is 3.88. The fourth-order valence-corrected chi connectivity index (χ4v) is 7.15. The van der Waals surface area contributed by atoms with Crippen LogP contribution in [-0.4, -0.2) is 52.1 Å². The van der Waals surface area contributed by atoms with E-state index < -0.39 is 44.0 Å². The van der Waals surface area contributed by atoms with Gasteiger partial charge in [-0.05, 0) is 24.6 Å². The minimum atomic E-state index is -3.90. The maximum absolute atomic E-state index is 13.2. The Hall–Kier alpha value is -2.67. The Morgan fingerprint density at radius 2 is 2.14 bits per heavy atom. The molecule has 6 atom stereocenters. The molecule has 0 aliphatic carbocycles. The molecule has 2 N–H and O–H groups in total. The molecule has 3 aromatic rings. The standard InChI is InChI=1S/C21H21N4O8PS/c1-21-17(31-20(26)32-21)14(30-18(21)16-15-12(9-35-16)19(22)25-10-24-15)8-29-34(27)28-7-4-13(33-34)11-2-5-23-6-3-11/h2-3,5-6,9-10,13-14,17-18H,4,7-8H2,1H3,(H2,22,24,25)/t13-,14+,17+,18-,21+,34+/m0/s1. The zero-order valence-electron chi connectivity index (χ0n) is 18.4. The topological polar surface area (TPSA) is 154 Å². The normalized spacial score (nSPS) is 34.5. The largest absolute Gasteiger partial charge is 0.509 e. The highest BCUT2D eigenvalue weighted by Crippen LogP contribution is 2.58. The number of anilines is 1. The van der Waals surface area contributed by atoms with Gasteiger partial charge < -0.3 is 19.9 Å². The van der Waals surface area contributed by atoms with Gasteiger partial charge in [-0.2, -0.15) is 0 Å².